The van der Waals surface area contributed by atoms with Crippen molar-refractivity contribution < 1.29 is 4.74 Å². The van der Waals surface area contributed by atoms with Gasteiger partial charge in [0.25, 0.3) is 0 Å². The van der Waals surface area contributed by atoms with Crippen molar-refractivity contribution >= 4 is 11.4 Å². The van der Waals surface area contributed by atoms with E-state index in [1.165, 1.54) is 22.5 Å². The second-order valence-electron chi connectivity index (χ2n) is 5.66. The van der Waals surface area contributed by atoms with Crippen molar-refractivity contribution in [3.05, 3.63) is 71.8 Å². The van der Waals surface area contributed by atoms with Crippen molar-refractivity contribution in [2.75, 3.05) is 18.1 Å². The monoisotopic (exact) mass is 277 g/mol. The third-order valence-corrected chi connectivity index (χ3v) is 4.36. The Morgan fingerprint density at radius 2 is 1.48 bits per heavy atom. The lowest BCUT2D eigenvalue weighted by Crippen LogP contribution is -2.36. The molecular weight excluding hydrogens is 258 g/mol. The van der Waals surface area contributed by atoms with Crippen molar-refractivity contribution in [1.82, 2.24) is 0 Å². The zero-order valence-electron chi connectivity index (χ0n) is 12.0. The maximum Gasteiger partial charge on any atom is 0.0757 e. The number of rotatable bonds is 1. The molecule has 0 bridgehead atoms. The number of aryl methyl sites for hydroxylation is 2. The molecule has 2 heteroatoms. The zero-order chi connectivity index (χ0) is 14.1. The summed E-state index contributed by atoms with van der Waals surface area (Å²) >= 11 is 0. The molecule has 0 radical (unpaired) electrons. The number of anilines is 2. The molecule has 0 fully saturated rings. The number of benzene rings is 2. The summed E-state index contributed by atoms with van der Waals surface area (Å²) < 4.78 is 5.68. The first-order valence-corrected chi connectivity index (χ1v) is 7.63. The molecule has 2 aliphatic rings. The summed E-state index contributed by atoms with van der Waals surface area (Å²) in [5.74, 6) is 0. The van der Waals surface area contributed by atoms with Crippen LogP contribution in [-0.2, 0) is 17.6 Å². The summed E-state index contributed by atoms with van der Waals surface area (Å²) in [6.07, 6.45) is 6.61. The van der Waals surface area contributed by atoms with Gasteiger partial charge in [0, 0.05) is 11.4 Å². The highest BCUT2D eigenvalue weighted by molar-refractivity contribution is 5.72. The van der Waals surface area contributed by atoms with Crippen LogP contribution in [0.5, 0.6) is 0 Å². The first kappa shape index (κ1) is 12.7. The molecule has 0 spiro atoms. The number of hydrogen-bond acceptors (Lipinski definition) is 2. The Balaban J connectivity index is 1.89. The van der Waals surface area contributed by atoms with Gasteiger partial charge in [-0.15, -0.1) is 0 Å². The fourth-order valence-corrected chi connectivity index (χ4v) is 3.36. The SMILES string of the molecule is C1=CC(N2c3ccccc3CCc3ccccc32)COC1. The Morgan fingerprint density at radius 1 is 0.857 bits per heavy atom. The molecule has 21 heavy (non-hydrogen) atoms. The van der Waals surface area contributed by atoms with Gasteiger partial charge in [0.1, 0.15) is 0 Å². The quantitative estimate of drug-likeness (QED) is 0.733. The maximum absolute atomic E-state index is 5.68. The predicted octanol–water partition coefficient (Wildman–Crippen LogP) is 3.88. The van der Waals surface area contributed by atoms with E-state index in [9.17, 15) is 0 Å². The lowest BCUT2D eigenvalue weighted by Gasteiger charge is -2.34. The lowest BCUT2D eigenvalue weighted by atomic mass is 10.0. The Bertz CT molecular complexity index is 629. The van der Waals surface area contributed by atoms with Crippen LogP contribution in [0.1, 0.15) is 11.1 Å². The average Bonchev–Trinajstić information content (AvgIpc) is 2.72. The van der Waals surface area contributed by atoms with Gasteiger partial charge >= 0.3 is 0 Å². The third-order valence-electron chi connectivity index (χ3n) is 4.36. The number of ether oxygens (including phenoxy) is 1. The summed E-state index contributed by atoms with van der Waals surface area (Å²) in [4.78, 5) is 2.45. The standard InChI is InChI=1S/C19H19NO/c1-3-9-18-15(6-1)11-12-16-7-2-4-10-19(16)20(18)17-8-5-13-21-14-17/h1-10,17H,11-14H2. The van der Waals surface area contributed by atoms with Gasteiger partial charge in [0.2, 0.25) is 0 Å². The predicted molar refractivity (Wildman–Crippen MR) is 86.2 cm³/mol. The number of nitrogens with zero attached hydrogens (tertiary/aromatic N) is 1. The van der Waals surface area contributed by atoms with E-state index in [2.05, 4.69) is 65.6 Å². The van der Waals surface area contributed by atoms with Crippen molar-refractivity contribution in [3.8, 4) is 0 Å². The molecule has 0 saturated heterocycles. The molecule has 0 amide bonds. The molecule has 2 nitrogen and oxygen atoms in total. The molecule has 0 N–H and O–H groups in total. The van der Waals surface area contributed by atoms with Crippen molar-refractivity contribution in [3.63, 3.8) is 0 Å². The Morgan fingerprint density at radius 3 is 2.05 bits per heavy atom. The van der Waals surface area contributed by atoms with E-state index in [4.69, 9.17) is 4.74 Å². The van der Waals surface area contributed by atoms with Crippen LogP contribution < -0.4 is 4.90 Å². The zero-order valence-corrected chi connectivity index (χ0v) is 12.0. The van der Waals surface area contributed by atoms with Crippen LogP contribution in [0, 0.1) is 0 Å². The fraction of sp³-hybridized carbons (Fsp3) is 0.263. The van der Waals surface area contributed by atoms with Crippen LogP contribution in [0.2, 0.25) is 0 Å². The molecule has 0 aliphatic carbocycles. The van der Waals surface area contributed by atoms with E-state index in [1.807, 2.05) is 0 Å². The molecule has 1 unspecified atom stereocenters. The van der Waals surface area contributed by atoms with Gasteiger partial charge in [-0.3, -0.25) is 0 Å². The van der Waals surface area contributed by atoms with Crippen molar-refractivity contribution in [1.29, 1.82) is 0 Å². The summed E-state index contributed by atoms with van der Waals surface area (Å²) in [7, 11) is 0. The van der Waals surface area contributed by atoms with Gasteiger partial charge in [-0.1, -0.05) is 48.6 Å². The highest BCUT2D eigenvalue weighted by Gasteiger charge is 2.26. The smallest absolute Gasteiger partial charge is 0.0757 e. The van der Waals surface area contributed by atoms with Gasteiger partial charge in [-0.2, -0.15) is 0 Å². The number of para-hydroxylation sites is 2. The van der Waals surface area contributed by atoms with Crippen LogP contribution in [0.25, 0.3) is 0 Å². The molecule has 2 aromatic rings. The number of hydrogen-bond donors (Lipinski definition) is 0. The van der Waals surface area contributed by atoms with Crippen LogP contribution >= 0.6 is 0 Å². The van der Waals surface area contributed by atoms with Gasteiger partial charge in [0.05, 0.1) is 19.3 Å². The Labute approximate surface area is 125 Å². The molecule has 106 valence electrons. The normalized spacial score (nSPS) is 20.6. The minimum absolute atomic E-state index is 0.277. The molecule has 2 heterocycles. The van der Waals surface area contributed by atoms with Crippen LogP contribution in [-0.4, -0.2) is 19.3 Å². The highest BCUT2D eigenvalue weighted by atomic mass is 16.5. The van der Waals surface area contributed by atoms with Crippen LogP contribution in [0.3, 0.4) is 0 Å². The van der Waals surface area contributed by atoms with Gasteiger partial charge in [-0.05, 0) is 36.1 Å². The minimum atomic E-state index is 0.277. The highest BCUT2D eigenvalue weighted by Crippen LogP contribution is 2.38. The summed E-state index contributed by atoms with van der Waals surface area (Å²) in [6, 6.07) is 17.8. The van der Waals surface area contributed by atoms with Gasteiger partial charge < -0.3 is 9.64 Å². The summed E-state index contributed by atoms with van der Waals surface area (Å²) in [6.45, 7) is 1.48. The topological polar surface area (TPSA) is 12.5 Å². The van der Waals surface area contributed by atoms with E-state index >= 15 is 0 Å². The molecule has 2 aromatic carbocycles. The first-order chi connectivity index (χ1) is 10.4. The van der Waals surface area contributed by atoms with Gasteiger partial charge in [0.15, 0.2) is 0 Å². The van der Waals surface area contributed by atoms with Crippen LogP contribution in [0.4, 0.5) is 11.4 Å². The molecular formula is C19H19NO. The second kappa shape index (κ2) is 5.38. The summed E-state index contributed by atoms with van der Waals surface area (Å²) in [5.41, 5.74) is 5.49. The van der Waals surface area contributed by atoms with E-state index in [0.717, 1.165) is 26.1 Å². The summed E-state index contributed by atoms with van der Waals surface area (Å²) in [5, 5.41) is 0. The molecule has 0 aromatic heterocycles. The molecule has 4 rings (SSSR count). The maximum atomic E-state index is 5.68. The minimum Gasteiger partial charge on any atom is -0.375 e. The largest absolute Gasteiger partial charge is 0.375 e. The molecule has 1 atom stereocenters. The van der Waals surface area contributed by atoms with E-state index in [-0.39, 0.29) is 6.04 Å². The van der Waals surface area contributed by atoms with E-state index < -0.39 is 0 Å². The molecule has 0 saturated carbocycles. The van der Waals surface area contributed by atoms with Crippen LogP contribution in [0.15, 0.2) is 60.7 Å². The second-order valence-corrected chi connectivity index (χ2v) is 5.66. The average molecular weight is 277 g/mol. The lowest BCUT2D eigenvalue weighted by molar-refractivity contribution is 0.146. The number of fused-ring (bicyclic) bond motifs is 2. The third kappa shape index (κ3) is 2.26. The fourth-order valence-electron chi connectivity index (χ4n) is 3.36. The van der Waals surface area contributed by atoms with Gasteiger partial charge in [-0.25, -0.2) is 0 Å². The first-order valence-electron chi connectivity index (χ1n) is 7.63. The van der Waals surface area contributed by atoms with E-state index in [0.29, 0.717) is 0 Å². The molecule has 2 aliphatic heterocycles. The van der Waals surface area contributed by atoms with Crippen molar-refractivity contribution in [2.24, 2.45) is 0 Å². The Hall–Kier alpha value is -2.06. The van der Waals surface area contributed by atoms with Crippen molar-refractivity contribution in [2.45, 2.75) is 18.9 Å². The Kier molecular flexibility index (Phi) is 3.24. The van der Waals surface area contributed by atoms with E-state index in [1.54, 1.807) is 0 Å².